The van der Waals surface area contributed by atoms with Crippen LogP contribution in [0.2, 0.25) is 0 Å². The van der Waals surface area contributed by atoms with Crippen LogP contribution in [0.25, 0.3) is 0 Å². The normalized spacial score (nSPS) is 30.7. The van der Waals surface area contributed by atoms with Gasteiger partial charge in [0.25, 0.3) is 5.79 Å². The van der Waals surface area contributed by atoms with E-state index in [-0.39, 0.29) is 18.4 Å². The Kier molecular flexibility index (Phi) is 5.06. The third-order valence-corrected chi connectivity index (χ3v) is 9.22. The molecule has 8 nitrogen and oxygen atoms in total. The fourth-order valence-electron chi connectivity index (χ4n) is 4.09. The topological polar surface area (TPSA) is 119 Å². The lowest BCUT2D eigenvalue weighted by Gasteiger charge is -2.42. The fourth-order valence-corrected chi connectivity index (χ4v) is 5.35. The Hall–Kier alpha value is -0.810. The molecule has 13 heteroatoms. The van der Waals surface area contributed by atoms with Gasteiger partial charge in [-0.15, -0.1) is 0 Å². The Labute approximate surface area is 190 Å². The largest absolute Gasteiger partial charge is 0.743 e. The maximum Gasteiger partial charge on any atom is 0.428 e. The van der Waals surface area contributed by atoms with Gasteiger partial charge in [0.1, 0.15) is 11.7 Å². The van der Waals surface area contributed by atoms with Crippen LogP contribution in [0.4, 0.5) is 8.78 Å². The van der Waals surface area contributed by atoms with Gasteiger partial charge in [-0.2, -0.15) is 8.78 Å². The monoisotopic (exact) mass is 655 g/mol. The van der Waals surface area contributed by atoms with E-state index in [2.05, 4.69) is 49.9 Å². The van der Waals surface area contributed by atoms with Crippen molar-refractivity contribution in [3.05, 3.63) is 24.8 Å². The molecule has 4 unspecified atom stereocenters. The quantitative estimate of drug-likeness (QED) is 0.277. The zero-order chi connectivity index (χ0) is 21.4. The lowest BCUT2D eigenvalue weighted by Crippen LogP contribution is -2.51. The maximum absolute atomic E-state index is 13.4. The SMILES string of the molecule is O=C1OC2(CC3CC2CC3OC(=O)C(F)(F)S(=O)(=O)[O-])Oc2c1ccc(I)c2I. The predicted molar refractivity (Wildman–Crippen MR) is 106 cm³/mol. The summed E-state index contributed by atoms with van der Waals surface area (Å²) in [5.74, 6) is -4.79. The maximum atomic E-state index is 13.4. The Morgan fingerprint density at radius 1 is 1.28 bits per heavy atom. The van der Waals surface area contributed by atoms with Crippen LogP contribution in [0.5, 0.6) is 5.75 Å². The molecule has 2 aliphatic carbocycles. The van der Waals surface area contributed by atoms with E-state index in [9.17, 15) is 31.3 Å². The van der Waals surface area contributed by atoms with Crippen LogP contribution in [-0.4, -0.2) is 42.1 Å². The van der Waals surface area contributed by atoms with Crippen molar-refractivity contribution < 1.29 is 45.6 Å². The second-order valence-corrected chi connectivity index (χ2v) is 10.8. The van der Waals surface area contributed by atoms with Crippen LogP contribution in [0.3, 0.4) is 0 Å². The van der Waals surface area contributed by atoms with E-state index < -0.39 is 51.0 Å². The molecule has 2 bridgehead atoms. The zero-order valence-electron chi connectivity index (χ0n) is 14.2. The minimum atomic E-state index is -6.19. The Morgan fingerprint density at radius 3 is 2.55 bits per heavy atom. The average Bonchev–Trinajstić information content (AvgIpc) is 3.15. The van der Waals surface area contributed by atoms with Gasteiger partial charge in [0.2, 0.25) is 0 Å². The number of hydrogen-bond donors (Lipinski definition) is 0. The molecule has 1 heterocycles. The summed E-state index contributed by atoms with van der Waals surface area (Å²) in [5, 5.41) is -5.16. The molecule has 1 aliphatic heterocycles. The second kappa shape index (κ2) is 6.85. The first kappa shape index (κ1) is 21.4. The molecule has 4 atom stereocenters. The van der Waals surface area contributed by atoms with Crippen LogP contribution in [0, 0.1) is 19.0 Å². The van der Waals surface area contributed by atoms with E-state index in [0.29, 0.717) is 12.2 Å². The summed E-state index contributed by atoms with van der Waals surface area (Å²) < 4.78 is 76.5. The first-order chi connectivity index (χ1) is 13.4. The van der Waals surface area contributed by atoms with E-state index in [1.165, 1.54) is 0 Å². The number of alkyl halides is 2. The lowest BCUT2D eigenvalue weighted by atomic mass is 9.90. The smallest absolute Gasteiger partial charge is 0.428 e. The molecule has 158 valence electrons. The van der Waals surface area contributed by atoms with E-state index >= 15 is 0 Å². The van der Waals surface area contributed by atoms with Crippen molar-refractivity contribution in [3.63, 3.8) is 0 Å². The number of fused-ring (bicyclic) bond motifs is 4. The highest BCUT2D eigenvalue weighted by atomic mass is 127. The molecule has 0 radical (unpaired) electrons. The zero-order valence-corrected chi connectivity index (χ0v) is 19.3. The van der Waals surface area contributed by atoms with Gasteiger partial charge in [-0.1, -0.05) is 0 Å². The summed E-state index contributed by atoms with van der Waals surface area (Å²) in [4.78, 5) is 24.0. The first-order valence-electron chi connectivity index (χ1n) is 8.30. The van der Waals surface area contributed by atoms with E-state index in [1.54, 1.807) is 12.1 Å². The van der Waals surface area contributed by atoms with Crippen molar-refractivity contribution >= 4 is 67.2 Å². The van der Waals surface area contributed by atoms with Gasteiger partial charge in [-0.05, 0) is 70.2 Å². The van der Waals surface area contributed by atoms with Gasteiger partial charge in [0, 0.05) is 21.8 Å². The van der Waals surface area contributed by atoms with Crippen molar-refractivity contribution in [1.29, 1.82) is 0 Å². The minimum absolute atomic E-state index is 0.0362. The van der Waals surface area contributed by atoms with Crippen LogP contribution in [0.1, 0.15) is 29.6 Å². The summed E-state index contributed by atoms with van der Waals surface area (Å²) in [6.45, 7) is 0. The Balaban J connectivity index is 1.53. The van der Waals surface area contributed by atoms with Crippen molar-refractivity contribution in [2.24, 2.45) is 11.8 Å². The molecule has 4 rings (SSSR count). The Bertz CT molecular complexity index is 1030. The van der Waals surface area contributed by atoms with Crippen LogP contribution < -0.4 is 4.74 Å². The van der Waals surface area contributed by atoms with E-state index in [0.717, 1.165) is 7.14 Å². The number of benzene rings is 1. The number of esters is 2. The number of halogens is 4. The molecule has 1 spiro atoms. The molecule has 3 aliphatic rings. The molecule has 2 fully saturated rings. The molecule has 0 amide bonds. The van der Waals surface area contributed by atoms with E-state index in [4.69, 9.17) is 9.47 Å². The molecule has 0 aromatic heterocycles. The van der Waals surface area contributed by atoms with Crippen LogP contribution in [0.15, 0.2) is 12.1 Å². The molecular formula is C16H11F2I2O8S-. The molecule has 29 heavy (non-hydrogen) atoms. The number of hydrogen-bond acceptors (Lipinski definition) is 8. The number of rotatable bonds is 3. The van der Waals surface area contributed by atoms with Gasteiger partial charge < -0.3 is 18.8 Å². The molecular weight excluding hydrogens is 644 g/mol. The average molecular weight is 655 g/mol. The van der Waals surface area contributed by atoms with Crippen molar-refractivity contribution in [2.75, 3.05) is 0 Å². The van der Waals surface area contributed by atoms with Gasteiger partial charge in [0.05, 0.1) is 3.57 Å². The highest BCUT2D eigenvalue weighted by Gasteiger charge is 2.63. The summed E-state index contributed by atoms with van der Waals surface area (Å²) in [7, 11) is -6.19. The van der Waals surface area contributed by atoms with Crippen molar-refractivity contribution in [1.82, 2.24) is 0 Å². The van der Waals surface area contributed by atoms with Gasteiger partial charge in [0.15, 0.2) is 15.9 Å². The number of carbonyl (C=O) groups excluding carboxylic acids is 2. The predicted octanol–water partition coefficient (Wildman–Crippen LogP) is 2.62. The molecule has 1 aromatic carbocycles. The first-order valence-corrected chi connectivity index (χ1v) is 11.9. The van der Waals surface area contributed by atoms with Crippen LogP contribution in [-0.2, 0) is 24.4 Å². The Morgan fingerprint density at radius 2 is 1.97 bits per heavy atom. The number of carbonyl (C=O) groups is 2. The summed E-state index contributed by atoms with van der Waals surface area (Å²) >= 11 is 4.15. The van der Waals surface area contributed by atoms with E-state index in [1.807, 2.05) is 0 Å². The van der Waals surface area contributed by atoms with Gasteiger partial charge in [-0.3, -0.25) is 0 Å². The summed E-state index contributed by atoms with van der Waals surface area (Å²) in [6, 6.07) is 3.35. The molecule has 1 aromatic rings. The fraction of sp³-hybridized carbons (Fsp3) is 0.500. The van der Waals surface area contributed by atoms with Crippen LogP contribution >= 0.6 is 45.2 Å². The van der Waals surface area contributed by atoms with Gasteiger partial charge in [-0.25, -0.2) is 18.0 Å². The third kappa shape index (κ3) is 3.31. The minimum Gasteiger partial charge on any atom is -0.743 e. The third-order valence-electron chi connectivity index (χ3n) is 5.42. The highest BCUT2D eigenvalue weighted by molar-refractivity contribution is 14.1. The second-order valence-electron chi connectivity index (χ2n) is 7.09. The summed E-state index contributed by atoms with van der Waals surface area (Å²) in [5.41, 5.74) is 0.284. The van der Waals surface area contributed by atoms with Crippen molar-refractivity contribution in [2.45, 2.75) is 36.4 Å². The summed E-state index contributed by atoms with van der Waals surface area (Å²) in [6.07, 6.45) is -0.520. The standard InChI is InChI=1S/C16H12F2I2O8S/c17-16(18,29(23,24)25)14(22)26-10-4-7-3-6(10)5-15(7)27-12-8(13(21)28-15)1-2-9(19)11(12)20/h1-2,6-7,10H,3-5H2,(H,23,24,25)/p-1. The number of ether oxygens (including phenoxy) is 3. The van der Waals surface area contributed by atoms with Crippen molar-refractivity contribution in [3.8, 4) is 5.75 Å². The molecule has 0 saturated heterocycles. The molecule has 2 saturated carbocycles. The molecule has 0 N–H and O–H groups in total. The van der Waals surface area contributed by atoms with Gasteiger partial charge >= 0.3 is 17.2 Å². The highest BCUT2D eigenvalue weighted by Crippen LogP contribution is 2.56. The lowest BCUT2D eigenvalue weighted by molar-refractivity contribution is -0.203.